The Hall–Kier alpha value is -1.42. The summed E-state index contributed by atoms with van der Waals surface area (Å²) in [7, 11) is 0. The molecule has 14 heavy (non-hydrogen) atoms. The molecule has 1 rings (SSSR count). The largest absolute Gasteiger partial charge is 0.460 e. The van der Waals surface area contributed by atoms with E-state index in [0.29, 0.717) is 5.56 Å². The molecule has 76 valence electrons. The smallest absolute Gasteiger partial charge is 0.339 e. The molecule has 1 aromatic heterocycles. The fourth-order valence-corrected chi connectivity index (χ4v) is 1.01. The molecule has 0 aliphatic heterocycles. The van der Waals surface area contributed by atoms with Gasteiger partial charge in [-0.15, -0.1) is 0 Å². The number of carbonyl (C=O) groups is 1. The zero-order chi connectivity index (χ0) is 10.4. The standard InChI is InChI=1S/C10H13NO3/c1-2-8-5-9(7-11-6-8)10(13)14-4-3-12/h5-7,12H,2-4H2,1H3. The second-order valence-corrected chi connectivity index (χ2v) is 2.79. The number of aromatic nitrogens is 1. The Balaban J connectivity index is 2.69. The van der Waals surface area contributed by atoms with Crippen LogP contribution >= 0.6 is 0 Å². The van der Waals surface area contributed by atoms with E-state index < -0.39 is 5.97 Å². The molecule has 0 radical (unpaired) electrons. The van der Waals surface area contributed by atoms with Gasteiger partial charge in [-0.2, -0.15) is 0 Å². The minimum absolute atomic E-state index is 0.0230. The third kappa shape index (κ3) is 2.81. The van der Waals surface area contributed by atoms with Crippen LogP contribution in [0.1, 0.15) is 22.8 Å². The number of aryl methyl sites for hydroxylation is 1. The van der Waals surface area contributed by atoms with Gasteiger partial charge < -0.3 is 9.84 Å². The van der Waals surface area contributed by atoms with Crippen molar-refractivity contribution < 1.29 is 14.6 Å². The predicted octanol–water partition coefficient (Wildman–Crippen LogP) is 0.793. The van der Waals surface area contributed by atoms with Gasteiger partial charge in [-0.25, -0.2) is 4.79 Å². The zero-order valence-corrected chi connectivity index (χ0v) is 8.06. The van der Waals surface area contributed by atoms with Gasteiger partial charge in [0.2, 0.25) is 0 Å². The monoisotopic (exact) mass is 195 g/mol. The van der Waals surface area contributed by atoms with Crippen LogP contribution in [-0.4, -0.2) is 29.3 Å². The van der Waals surface area contributed by atoms with Gasteiger partial charge in [0.1, 0.15) is 6.61 Å². The van der Waals surface area contributed by atoms with Crippen LogP contribution in [0.15, 0.2) is 18.5 Å². The Morgan fingerprint density at radius 3 is 3.00 bits per heavy atom. The molecule has 0 aromatic carbocycles. The first-order chi connectivity index (χ1) is 6.77. The summed E-state index contributed by atoms with van der Waals surface area (Å²) in [6.45, 7) is 1.85. The number of hydrogen-bond acceptors (Lipinski definition) is 4. The maximum absolute atomic E-state index is 11.3. The van der Waals surface area contributed by atoms with Crippen molar-refractivity contribution in [1.29, 1.82) is 0 Å². The molecule has 0 saturated carbocycles. The molecule has 1 N–H and O–H groups in total. The van der Waals surface area contributed by atoms with Crippen LogP contribution in [0.2, 0.25) is 0 Å². The lowest BCUT2D eigenvalue weighted by Crippen LogP contribution is -2.09. The van der Waals surface area contributed by atoms with Gasteiger partial charge in [0, 0.05) is 12.4 Å². The molecule has 0 aliphatic rings. The van der Waals surface area contributed by atoms with Crippen molar-refractivity contribution in [2.24, 2.45) is 0 Å². The number of aliphatic hydroxyl groups is 1. The molecular weight excluding hydrogens is 182 g/mol. The summed E-state index contributed by atoms with van der Waals surface area (Å²) in [6.07, 6.45) is 4.00. The SMILES string of the molecule is CCc1cncc(C(=O)OCCO)c1. The topological polar surface area (TPSA) is 59.4 Å². The summed E-state index contributed by atoms with van der Waals surface area (Å²) >= 11 is 0. The average Bonchev–Trinajstić information content (AvgIpc) is 2.26. The van der Waals surface area contributed by atoms with Crippen molar-refractivity contribution in [1.82, 2.24) is 4.98 Å². The molecule has 0 bridgehead atoms. The molecule has 0 fully saturated rings. The van der Waals surface area contributed by atoms with Crippen molar-refractivity contribution in [3.63, 3.8) is 0 Å². The van der Waals surface area contributed by atoms with Crippen LogP contribution in [-0.2, 0) is 11.2 Å². The Morgan fingerprint density at radius 2 is 2.36 bits per heavy atom. The molecule has 0 atom stereocenters. The number of pyridine rings is 1. The fourth-order valence-electron chi connectivity index (χ4n) is 1.01. The Morgan fingerprint density at radius 1 is 1.57 bits per heavy atom. The van der Waals surface area contributed by atoms with E-state index in [-0.39, 0.29) is 13.2 Å². The highest BCUT2D eigenvalue weighted by atomic mass is 16.5. The number of hydrogen-bond donors (Lipinski definition) is 1. The van der Waals surface area contributed by atoms with Crippen molar-refractivity contribution >= 4 is 5.97 Å². The first-order valence-corrected chi connectivity index (χ1v) is 4.49. The number of carbonyl (C=O) groups excluding carboxylic acids is 1. The Kier molecular flexibility index (Phi) is 4.07. The van der Waals surface area contributed by atoms with Crippen molar-refractivity contribution in [3.8, 4) is 0 Å². The number of rotatable bonds is 4. The molecule has 0 spiro atoms. The van der Waals surface area contributed by atoms with Gasteiger partial charge in [0.15, 0.2) is 0 Å². The molecule has 1 aromatic rings. The van der Waals surface area contributed by atoms with E-state index in [9.17, 15) is 4.79 Å². The minimum Gasteiger partial charge on any atom is -0.460 e. The minimum atomic E-state index is -0.443. The third-order valence-corrected chi connectivity index (χ3v) is 1.76. The second kappa shape index (κ2) is 5.34. The number of ether oxygens (including phenoxy) is 1. The van der Waals surface area contributed by atoms with E-state index in [1.54, 1.807) is 12.3 Å². The lowest BCUT2D eigenvalue weighted by atomic mass is 10.2. The van der Waals surface area contributed by atoms with E-state index in [2.05, 4.69) is 4.98 Å². The predicted molar refractivity (Wildman–Crippen MR) is 51.0 cm³/mol. The number of aliphatic hydroxyl groups excluding tert-OH is 1. The fraction of sp³-hybridized carbons (Fsp3) is 0.400. The van der Waals surface area contributed by atoms with Crippen LogP contribution in [0.4, 0.5) is 0 Å². The molecule has 4 heteroatoms. The normalized spacial score (nSPS) is 9.86. The highest BCUT2D eigenvalue weighted by Gasteiger charge is 2.07. The van der Waals surface area contributed by atoms with Crippen molar-refractivity contribution in [2.45, 2.75) is 13.3 Å². The van der Waals surface area contributed by atoms with Crippen LogP contribution < -0.4 is 0 Å². The number of nitrogens with zero attached hydrogens (tertiary/aromatic N) is 1. The lowest BCUT2D eigenvalue weighted by molar-refractivity contribution is 0.0433. The summed E-state index contributed by atoms with van der Waals surface area (Å²) < 4.78 is 4.75. The Labute approximate surface area is 82.5 Å². The molecule has 0 amide bonds. The van der Waals surface area contributed by atoms with Gasteiger partial charge in [-0.3, -0.25) is 4.98 Å². The van der Waals surface area contributed by atoms with Gasteiger partial charge >= 0.3 is 5.97 Å². The summed E-state index contributed by atoms with van der Waals surface area (Å²) in [5.41, 5.74) is 1.42. The van der Waals surface area contributed by atoms with Crippen molar-refractivity contribution in [2.75, 3.05) is 13.2 Å². The molecule has 0 saturated heterocycles. The highest BCUT2D eigenvalue weighted by molar-refractivity contribution is 5.89. The number of esters is 1. The van der Waals surface area contributed by atoms with Gasteiger partial charge in [-0.1, -0.05) is 6.92 Å². The molecule has 0 aliphatic carbocycles. The van der Waals surface area contributed by atoms with Crippen molar-refractivity contribution in [3.05, 3.63) is 29.6 Å². The molecular formula is C10H13NO3. The van der Waals surface area contributed by atoms with Gasteiger partial charge in [-0.05, 0) is 18.1 Å². The maximum atomic E-state index is 11.3. The third-order valence-electron chi connectivity index (χ3n) is 1.76. The van der Waals surface area contributed by atoms with E-state index >= 15 is 0 Å². The second-order valence-electron chi connectivity index (χ2n) is 2.79. The summed E-state index contributed by atoms with van der Waals surface area (Å²) in [5.74, 6) is -0.443. The quantitative estimate of drug-likeness (QED) is 0.722. The van der Waals surface area contributed by atoms with Crippen LogP contribution in [0.3, 0.4) is 0 Å². The zero-order valence-electron chi connectivity index (χ0n) is 8.06. The molecule has 4 nitrogen and oxygen atoms in total. The maximum Gasteiger partial charge on any atom is 0.339 e. The summed E-state index contributed by atoms with van der Waals surface area (Å²) in [4.78, 5) is 15.2. The summed E-state index contributed by atoms with van der Waals surface area (Å²) in [6, 6.07) is 1.74. The first-order valence-electron chi connectivity index (χ1n) is 4.49. The summed E-state index contributed by atoms with van der Waals surface area (Å²) in [5, 5.41) is 8.47. The van der Waals surface area contributed by atoms with E-state index in [1.807, 2.05) is 6.92 Å². The first kappa shape index (κ1) is 10.7. The van der Waals surface area contributed by atoms with Crippen LogP contribution in [0.25, 0.3) is 0 Å². The van der Waals surface area contributed by atoms with Crippen LogP contribution in [0.5, 0.6) is 0 Å². The Bertz CT molecular complexity index is 312. The van der Waals surface area contributed by atoms with Gasteiger partial charge in [0.05, 0.1) is 12.2 Å². The molecule has 0 unspecified atom stereocenters. The highest BCUT2D eigenvalue weighted by Crippen LogP contribution is 2.04. The van der Waals surface area contributed by atoms with Gasteiger partial charge in [0.25, 0.3) is 0 Å². The average molecular weight is 195 g/mol. The van der Waals surface area contributed by atoms with Crippen LogP contribution in [0, 0.1) is 0 Å². The lowest BCUT2D eigenvalue weighted by Gasteiger charge is -2.03. The van der Waals surface area contributed by atoms with E-state index in [4.69, 9.17) is 9.84 Å². The molecule has 1 heterocycles. The van der Waals surface area contributed by atoms with E-state index in [0.717, 1.165) is 12.0 Å². The van der Waals surface area contributed by atoms with E-state index in [1.165, 1.54) is 6.20 Å².